The Morgan fingerprint density at radius 2 is 1.27 bits per heavy atom. The molecule has 0 aliphatic carbocycles. The molecule has 5 heteroatoms. The van der Waals surface area contributed by atoms with Gasteiger partial charge >= 0.3 is 6.03 Å². The fourth-order valence-corrected chi connectivity index (χ4v) is 3.41. The van der Waals surface area contributed by atoms with E-state index in [1.165, 1.54) is 4.90 Å². The van der Waals surface area contributed by atoms with Crippen molar-refractivity contribution >= 4 is 39.2 Å². The summed E-state index contributed by atoms with van der Waals surface area (Å²) < 4.78 is 0.912. The van der Waals surface area contributed by atoms with Gasteiger partial charge in [-0.15, -0.1) is 0 Å². The topological polar surface area (TPSA) is 40.6 Å². The summed E-state index contributed by atoms with van der Waals surface area (Å²) >= 11 is 3.41. The van der Waals surface area contributed by atoms with Crippen LogP contribution in [0.4, 0.5) is 16.2 Å². The quantitative estimate of drug-likeness (QED) is 0.563. The molecule has 4 rings (SSSR count). The first kappa shape index (κ1) is 16.5. The highest BCUT2D eigenvalue weighted by atomic mass is 79.9. The molecule has 1 aliphatic rings. The average molecular weight is 407 g/mol. The van der Waals surface area contributed by atoms with Crippen LogP contribution in [0.3, 0.4) is 0 Å². The van der Waals surface area contributed by atoms with Crippen molar-refractivity contribution in [3.63, 3.8) is 0 Å². The van der Waals surface area contributed by atoms with Gasteiger partial charge in [-0.1, -0.05) is 64.5 Å². The minimum atomic E-state index is -0.690. The first-order chi connectivity index (χ1) is 12.7. The normalized spacial score (nSPS) is 17.0. The van der Waals surface area contributed by atoms with Gasteiger partial charge in [-0.05, 0) is 42.0 Å². The maximum atomic E-state index is 13.2. The van der Waals surface area contributed by atoms with Crippen LogP contribution in [-0.4, -0.2) is 11.9 Å². The van der Waals surface area contributed by atoms with E-state index in [0.29, 0.717) is 11.4 Å². The first-order valence-electron chi connectivity index (χ1n) is 8.19. The number of hydrogen-bond acceptors (Lipinski definition) is 2. The molecule has 128 valence electrons. The number of urea groups is 1. The summed E-state index contributed by atoms with van der Waals surface area (Å²) in [5.41, 5.74) is 2.04. The summed E-state index contributed by atoms with van der Waals surface area (Å²) in [6.45, 7) is 0. The minimum Gasteiger partial charge on any atom is -0.277 e. The van der Waals surface area contributed by atoms with Crippen molar-refractivity contribution in [3.8, 4) is 0 Å². The molecule has 4 nitrogen and oxygen atoms in total. The number of imide groups is 1. The summed E-state index contributed by atoms with van der Waals surface area (Å²) in [5.74, 6) is -0.254. The van der Waals surface area contributed by atoms with Crippen LogP contribution < -0.4 is 9.80 Å². The van der Waals surface area contributed by atoms with Crippen LogP contribution in [-0.2, 0) is 4.79 Å². The maximum Gasteiger partial charge on any atom is 0.336 e. The molecule has 1 saturated heterocycles. The van der Waals surface area contributed by atoms with E-state index in [1.807, 2.05) is 72.8 Å². The standard InChI is InChI=1S/C21H15BrN2O2/c22-16-11-13-18(14-12-16)23-19(15-7-3-1-4-8-15)20(25)24(21(23)26)17-9-5-2-6-10-17/h1-14,19H. The average Bonchev–Trinajstić information content (AvgIpc) is 2.94. The van der Waals surface area contributed by atoms with Crippen molar-refractivity contribution in [2.75, 3.05) is 9.80 Å². The van der Waals surface area contributed by atoms with Crippen LogP contribution >= 0.6 is 15.9 Å². The number of carbonyl (C=O) groups is 2. The number of anilines is 2. The van der Waals surface area contributed by atoms with Gasteiger partial charge in [0.1, 0.15) is 6.04 Å². The van der Waals surface area contributed by atoms with Crippen molar-refractivity contribution < 1.29 is 9.59 Å². The minimum absolute atomic E-state index is 0.254. The van der Waals surface area contributed by atoms with E-state index in [0.717, 1.165) is 10.0 Å². The molecule has 0 radical (unpaired) electrons. The third-order valence-electron chi connectivity index (χ3n) is 4.34. The lowest BCUT2D eigenvalue weighted by atomic mass is 10.1. The lowest BCUT2D eigenvalue weighted by molar-refractivity contribution is -0.118. The van der Waals surface area contributed by atoms with Gasteiger partial charge < -0.3 is 0 Å². The Kier molecular flexibility index (Phi) is 4.31. The SMILES string of the molecule is O=C1C(c2ccccc2)N(c2ccc(Br)cc2)C(=O)N1c1ccccc1. The number of benzene rings is 3. The number of hydrogen-bond donors (Lipinski definition) is 0. The lowest BCUT2D eigenvalue weighted by Crippen LogP contribution is -2.33. The molecular weight excluding hydrogens is 392 g/mol. The smallest absolute Gasteiger partial charge is 0.277 e. The molecule has 3 aromatic rings. The second-order valence-corrected chi connectivity index (χ2v) is 6.87. The van der Waals surface area contributed by atoms with Crippen molar-refractivity contribution in [2.24, 2.45) is 0 Å². The van der Waals surface area contributed by atoms with Crippen LogP contribution in [0.2, 0.25) is 0 Å². The van der Waals surface area contributed by atoms with Gasteiger partial charge in [-0.2, -0.15) is 0 Å². The van der Waals surface area contributed by atoms with Crippen LogP contribution in [0.15, 0.2) is 89.4 Å². The lowest BCUT2D eigenvalue weighted by Gasteiger charge is -2.22. The molecule has 1 atom stereocenters. The number of carbonyl (C=O) groups excluding carboxylic acids is 2. The molecular formula is C21H15BrN2O2. The summed E-state index contributed by atoms with van der Waals surface area (Å²) in [5, 5.41) is 0. The summed E-state index contributed by atoms with van der Waals surface area (Å²) in [6, 6.07) is 24.8. The van der Waals surface area contributed by atoms with Gasteiger partial charge in [0.15, 0.2) is 0 Å². The molecule has 0 spiro atoms. The summed E-state index contributed by atoms with van der Waals surface area (Å²) in [7, 11) is 0. The molecule has 1 aliphatic heterocycles. The van der Waals surface area contributed by atoms with Crippen LogP contribution in [0, 0.1) is 0 Å². The van der Waals surface area contributed by atoms with Gasteiger partial charge in [0.05, 0.1) is 5.69 Å². The highest BCUT2D eigenvalue weighted by Crippen LogP contribution is 2.38. The predicted octanol–water partition coefficient (Wildman–Crippen LogP) is 5.16. The van der Waals surface area contributed by atoms with E-state index in [2.05, 4.69) is 15.9 Å². The van der Waals surface area contributed by atoms with E-state index >= 15 is 0 Å². The van der Waals surface area contributed by atoms with Crippen LogP contribution in [0.5, 0.6) is 0 Å². The van der Waals surface area contributed by atoms with Gasteiger partial charge in [-0.25, -0.2) is 9.69 Å². The second-order valence-electron chi connectivity index (χ2n) is 5.95. The molecule has 1 fully saturated rings. The molecule has 26 heavy (non-hydrogen) atoms. The van der Waals surface area contributed by atoms with E-state index in [1.54, 1.807) is 17.0 Å². The fraction of sp³-hybridized carbons (Fsp3) is 0.0476. The Hall–Kier alpha value is -2.92. The fourth-order valence-electron chi connectivity index (χ4n) is 3.15. The first-order valence-corrected chi connectivity index (χ1v) is 8.99. The molecule has 0 N–H and O–H groups in total. The highest BCUT2D eigenvalue weighted by Gasteiger charge is 2.47. The number of nitrogens with zero attached hydrogens (tertiary/aromatic N) is 2. The number of halogens is 1. The van der Waals surface area contributed by atoms with Gasteiger partial charge in [0.25, 0.3) is 5.91 Å². The molecule has 3 aromatic carbocycles. The van der Waals surface area contributed by atoms with E-state index in [9.17, 15) is 9.59 Å². The molecule has 1 unspecified atom stereocenters. The Bertz CT molecular complexity index is 943. The van der Waals surface area contributed by atoms with Crippen molar-refractivity contribution in [1.82, 2.24) is 0 Å². The number of amides is 3. The molecule has 3 amide bonds. The van der Waals surface area contributed by atoms with Crippen molar-refractivity contribution in [1.29, 1.82) is 0 Å². The largest absolute Gasteiger partial charge is 0.336 e. The second kappa shape index (κ2) is 6.77. The van der Waals surface area contributed by atoms with E-state index in [-0.39, 0.29) is 11.9 Å². The van der Waals surface area contributed by atoms with E-state index < -0.39 is 6.04 Å². The molecule has 0 bridgehead atoms. The van der Waals surface area contributed by atoms with Gasteiger partial charge in [0, 0.05) is 10.2 Å². The van der Waals surface area contributed by atoms with Crippen molar-refractivity contribution in [2.45, 2.75) is 6.04 Å². The zero-order valence-corrected chi connectivity index (χ0v) is 15.3. The Morgan fingerprint density at radius 1 is 0.692 bits per heavy atom. The Labute approximate surface area is 159 Å². The van der Waals surface area contributed by atoms with Gasteiger partial charge in [-0.3, -0.25) is 9.69 Å². The van der Waals surface area contributed by atoms with Crippen molar-refractivity contribution in [3.05, 3.63) is 95.0 Å². The summed E-state index contributed by atoms with van der Waals surface area (Å²) in [6.07, 6.45) is 0. The number of rotatable bonds is 3. The van der Waals surface area contributed by atoms with Crippen LogP contribution in [0.1, 0.15) is 11.6 Å². The molecule has 0 aromatic heterocycles. The monoisotopic (exact) mass is 406 g/mol. The Balaban J connectivity index is 1.84. The molecule has 0 saturated carbocycles. The van der Waals surface area contributed by atoms with Crippen LogP contribution in [0.25, 0.3) is 0 Å². The predicted molar refractivity (Wildman–Crippen MR) is 105 cm³/mol. The third-order valence-corrected chi connectivity index (χ3v) is 4.87. The van der Waals surface area contributed by atoms with Gasteiger partial charge in [0.2, 0.25) is 0 Å². The zero-order valence-electron chi connectivity index (χ0n) is 13.7. The maximum absolute atomic E-state index is 13.2. The Morgan fingerprint density at radius 3 is 1.88 bits per heavy atom. The highest BCUT2D eigenvalue weighted by molar-refractivity contribution is 9.10. The van der Waals surface area contributed by atoms with E-state index in [4.69, 9.17) is 0 Å². The zero-order chi connectivity index (χ0) is 18.1. The summed E-state index contributed by atoms with van der Waals surface area (Å²) in [4.78, 5) is 29.2. The molecule has 1 heterocycles. The third kappa shape index (κ3) is 2.80. The number of para-hydroxylation sites is 1.